The number of esters is 4. The van der Waals surface area contributed by atoms with Crippen molar-refractivity contribution in [2.45, 2.75) is 176 Å². The van der Waals surface area contributed by atoms with Crippen LogP contribution in [0.3, 0.4) is 0 Å². The molecule has 538 valence electrons. The van der Waals surface area contributed by atoms with Crippen molar-refractivity contribution in [2.24, 2.45) is 0 Å². The summed E-state index contributed by atoms with van der Waals surface area (Å²) in [5, 5.41) is 11.7. The Kier molecular flexibility index (Phi) is 28.6. The Bertz CT molecular complexity index is 3400. The van der Waals surface area contributed by atoms with E-state index in [2.05, 4.69) is 0 Å². The maximum atomic E-state index is 15.4. The molecule has 0 saturated carbocycles. The highest BCUT2D eigenvalue weighted by Gasteiger charge is 2.60. The standard InChI is InChI=1S/C75H88O25/c1-46(76)87-45-55-58(97-73-66(83-5)59(81-3)56(78)60(98-73)70(79)91-42-52-34-22-12-23-35-52)63(93-47(2)77)69(90-41-51-32-20-11-21-33-51)75(95-55)99-64-61(82-4)67(84-6)74(100-65(64)71(80)92-43-53-36-24-13-25-37-53)96-57-54(44-86-38-48-26-14-8-15-27-48)94-72(85-7)68(89-40-50-30-18-10-19-31-50)62(57)88-39-49-28-16-9-17-29-49/h8-37,54-69,72-75,78H,38-45H2,1-7H3/t54?,55-,56-,57+,58+,59-,60?,61?,62-,63?,64-,65+,66?,67?,68?,69?,72-,73+,74-,75+/m0/s1. The molecule has 4 aliphatic heterocycles. The third-order valence-electron chi connectivity index (χ3n) is 17.3. The van der Waals surface area contributed by atoms with Crippen LogP contribution in [-0.2, 0) is 154 Å². The van der Waals surface area contributed by atoms with Gasteiger partial charge in [0.15, 0.2) is 43.5 Å². The number of methoxy groups -OCH3 is 5. The molecular formula is C75H88O25. The molecule has 4 heterocycles. The van der Waals surface area contributed by atoms with Crippen molar-refractivity contribution < 1.29 is 119 Å². The summed E-state index contributed by atoms with van der Waals surface area (Å²) in [6, 6.07) is 55.5. The average molecular weight is 1390 g/mol. The van der Waals surface area contributed by atoms with Crippen molar-refractivity contribution in [1.82, 2.24) is 0 Å². The van der Waals surface area contributed by atoms with Gasteiger partial charge in [0.25, 0.3) is 0 Å². The Morgan fingerprint density at radius 2 is 0.690 bits per heavy atom. The fraction of sp³-hybridized carbons (Fsp3) is 0.467. The van der Waals surface area contributed by atoms with Crippen molar-refractivity contribution in [2.75, 3.05) is 48.8 Å². The van der Waals surface area contributed by atoms with Gasteiger partial charge < -0.3 is 99.8 Å². The molecule has 0 aliphatic carbocycles. The first-order valence-corrected chi connectivity index (χ1v) is 33.0. The van der Waals surface area contributed by atoms with Crippen LogP contribution in [0.4, 0.5) is 0 Å². The van der Waals surface area contributed by atoms with Gasteiger partial charge in [0.1, 0.15) is 99.2 Å². The fourth-order valence-electron chi connectivity index (χ4n) is 12.4. The number of aliphatic hydroxyl groups is 1. The lowest BCUT2D eigenvalue weighted by Gasteiger charge is -2.51. The summed E-state index contributed by atoms with van der Waals surface area (Å²) in [7, 11) is 6.88. The van der Waals surface area contributed by atoms with E-state index >= 15 is 4.79 Å². The topological polar surface area (TPSA) is 273 Å². The monoisotopic (exact) mass is 1390 g/mol. The molecule has 0 spiro atoms. The molecule has 4 aliphatic rings. The van der Waals surface area contributed by atoms with E-state index in [9.17, 15) is 19.5 Å². The van der Waals surface area contributed by atoms with Gasteiger partial charge in [-0.25, -0.2) is 9.59 Å². The maximum absolute atomic E-state index is 15.4. The van der Waals surface area contributed by atoms with Crippen LogP contribution in [0.2, 0.25) is 0 Å². The lowest BCUT2D eigenvalue weighted by molar-refractivity contribution is -0.391. The molecule has 6 aromatic rings. The molecule has 10 rings (SSSR count). The van der Waals surface area contributed by atoms with E-state index in [4.69, 9.17) is 94.7 Å². The molecule has 20 atom stereocenters. The highest BCUT2D eigenvalue weighted by Crippen LogP contribution is 2.40. The Labute approximate surface area is 581 Å². The predicted octanol–water partition coefficient (Wildman–Crippen LogP) is 7.06. The molecule has 0 bridgehead atoms. The number of ether oxygens (including phenoxy) is 20. The molecule has 0 radical (unpaired) electrons. The summed E-state index contributed by atoms with van der Waals surface area (Å²) in [6.45, 7) is 1.44. The first-order chi connectivity index (χ1) is 48.8. The Hall–Kier alpha value is -7.48. The van der Waals surface area contributed by atoms with E-state index in [1.807, 2.05) is 109 Å². The van der Waals surface area contributed by atoms with Crippen molar-refractivity contribution in [3.8, 4) is 0 Å². The lowest BCUT2D eigenvalue weighted by Crippen LogP contribution is -2.69. The molecule has 100 heavy (non-hydrogen) atoms. The van der Waals surface area contributed by atoms with Crippen LogP contribution < -0.4 is 0 Å². The first-order valence-electron chi connectivity index (χ1n) is 33.0. The molecule has 0 aromatic heterocycles. The van der Waals surface area contributed by atoms with E-state index in [1.165, 1.54) is 42.5 Å². The van der Waals surface area contributed by atoms with Gasteiger partial charge in [-0.3, -0.25) is 9.59 Å². The van der Waals surface area contributed by atoms with E-state index < -0.39 is 153 Å². The number of benzene rings is 6. The van der Waals surface area contributed by atoms with E-state index in [1.54, 1.807) is 72.8 Å². The SMILES string of the molecule is COC1C(OC)[C@H](O[C@H]2O[C@@H](COC(C)=O)[C@@H](O[C@@H]3OC(C(=O)OCc4ccccc4)[C@@H](O)[C@H](OC)C3OC)C(OC(C)=O)C2OCc2ccccc2)[C@H](C(=O)OCc2ccccc2)O[C@@H]1O[C@@H]1C(COCc2ccccc2)O[C@H](OC)C(OCc2ccccc2)[C@H]1OCc1ccccc1. The van der Waals surface area contributed by atoms with Crippen LogP contribution in [0.1, 0.15) is 47.2 Å². The van der Waals surface area contributed by atoms with E-state index in [-0.39, 0.29) is 46.2 Å². The number of hydrogen-bond acceptors (Lipinski definition) is 25. The number of rotatable bonds is 33. The molecule has 6 aromatic carbocycles. The van der Waals surface area contributed by atoms with Crippen molar-refractivity contribution in [1.29, 1.82) is 0 Å². The van der Waals surface area contributed by atoms with E-state index in [0.29, 0.717) is 16.7 Å². The van der Waals surface area contributed by atoms with Gasteiger partial charge in [0.05, 0.1) is 33.0 Å². The van der Waals surface area contributed by atoms with Crippen LogP contribution in [-0.4, -0.2) is 201 Å². The second-order valence-electron chi connectivity index (χ2n) is 24.1. The Morgan fingerprint density at radius 3 is 1.13 bits per heavy atom. The van der Waals surface area contributed by atoms with Gasteiger partial charge in [-0.2, -0.15) is 0 Å². The number of hydrogen-bond donors (Lipinski definition) is 1. The van der Waals surface area contributed by atoms with Crippen LogP contribution in [0, 0.1) is 0 Å². The second-order valence-corrected chi connectivity index (χ2v) is 24.1. The zero-order chi connectivity index (χ0) is 70.3. The van der Waals surface area contributed by atoms with Crippen molar-refractivity contribution in [3.05, 3.63) is 215 Å². The van der Waals surface area contributed by atoms with Gasteiger partial charge >= 0.3 is 23.9 Å². The van der Waals surface area contributed by atoms with Crippen LogP contribution in [0.5, 0.6) is 0 Å². The molecule has 8 unspecified atom stereocenters. The molecular weight excluding hydrogens is 1300 g/mol. The zero-order valence-electron chi connectivity index (χ0n) is 56.8. The van der Waals surface area contributed by atoms with Crippen LogP contribution in [0.15, 0.2) is 182 Å². The quantitative estimate of drug-likeness (QED) is 0.0319. The molecule has 25 heteroatoms. The minimum absolute atomic E-state index is 0.0736. The Morgan fingerprint density at radius 1 is 0.330 bits per heavy atom. The third kappa shape index (κ3) is 20.0. The lowest BCUT2D eigenvalue weighted by atomic mass is 9.94. The number of carbonyl (C=O) groups is 4. The first kappa shape index (κ1) is 75.2. The summed E-state index contributed by atoms with van der Waals surface area (Å²) in [4.78, 5) is 56.0. The molecule has 4 saturated heterocycles. The number of carbonyl (C=O) groups excluding carboxylic acids is 4. The highest BCUT2D eigenvalue weighted by molar-refractivity contribution is 5.76. The van der Waals surface area contributed by atoms with Crippen molar-refractivity contribution in [3.63, 3.8) is 0 Å². The average Bonchev–Trinajstić information content (AvgIpc) is 0.763. The molecule has 4 fully saturated rings. The predicted molar refractivity (Wildman–Crippen MR) is 351 cm³/mol. The fourth-order valence-corrected chi connectivity index (χ4v) is 12.4. The van der Waals surface area contributed by atoms with E-state index in [0.717, 1.165) is 23.6 Å². The van der Waals surface area contributed by atoms with Crippen molar-refractivity contribution >= 4 is 23.9 Å². The van der Waals surface area contributed by atoms with Crippen LogP contribution in [0.25, 0.3) is 0 Å². The molecule has 1 N–H and O–H groups in total. The second kappa shape index (κ2) is 38.0. The van der Waals surface area contributed by atoms with Crippen LogP contribution >= 0.6 is 0 Å². The van der Waals surface area contributed by atoms with Gasteiger partial charge in [0.2, 0.25) is 0 Å². The normalized spacial score (nSPS) is 29.8. The summed E-state index contributed by atoms with van der Waals surface area (Å²) < 4.78 is 129. The summed E-state index contributed by atoms with van der Waals surface area (Å²) in [5.74, 6) is -3.52. The maximum Gasteiger partial charge on any atom is 0.338 e. The molecule has 0 amide bonds. The van der Waals surface area contributed by atoms with Gasteiger partial charge in [0, 0.05) is 49.4 Å². The largest absolute Gasteiger partial charge is 0.463 e. The number of aliphatic hydroxyl groups excluding tert-OH is 1. The Balaban J connectivity index is 1.03. The smallest absolute Gasteiger partial charge is 0.338 e. The summed E-state index contributed by atoms with van der Waals surface area (Å²) >= 11 is 0. The zero-order valence-corrected chi connectivity index (χ0v) is 56.8. The highest BCUT2D eigenvalue weighted by atomic mass is 16.8. The van der Waals surface area contributed by atoms with Gasteiger partial charge in [-0.05, 0) is 33.4 Å². The summed E-state index contributed by atoms with van der Waals surface area (Å²) in [5.41, 5.74) is 4.51. The molecule has 25 nitrogen and oxygen atoms in total. The minimum atomic E-state index is -1.80. The van der Waals surface area contributed by atoms with Gasteiger partial charge in [-0.1, -0.05) is 182 Å². The van der Waals surface area contributed by atoms with Gasteiger partial charge in [-0.15, -0.1) is 0 Å². The summed E-state index contributed by atoms with van der Waals surface area (Å²) in [6.07, 6.45) is -28.5. The third-order valence-corrected chi connectivity index (χ3v) is 17.3. The minimum Gasteiger partial charge on any atom is -0.463 e.